The van der Waals surface area contributed by atoms with Crippen molar-refractivity contribution >= 4 is 5.69 Å². The van der Waals surface area contributed by atoms with Crippen molar-refractivity contribution < 1.29 is 0 Å². The van der Waals surface area contributed by atoms with E-state index in [-0.39, 0.29) is 0 Å². The second kappa shape index (κ2) is 3.13. The molecule has 0 amide bonds. The van der Waals surface area contributed by atoms with Crippen molar-refractivity contribution in [3.63, 3.8) is 0 Å². The number of benzene rings is 1. The molecule has 2 rings (SSSR count). The first-order valence-electron chi connectivity index (χ1n) is 4.18. The van der Waals surface area contributed by atoms with Crippen molar-refractivity contribution in [1.82, 2.24) is 10.6 Å². The second-order valence-corrected chi connectivity index (χ2v) is 3.01. The molecule has 1 aromatic carbocycles. The van der Waals surface area contributed by atoms with Gasteiger partial charge in [-0.3, -0.25) is 10.6 Å². The van der Waals surface area contributed by atoms with Crippen LogP contribution >= 0.6 is 0 Å². The largest absolute Gasteiger partial charge is 0.399 e. The average molecular weight is 163 g/mol. The van der Waals surface area contributed by atoms with Gasteiger partial charge in [0.1, 0.15) is 0 Å². The van der Waals surface area contributed by atoms with Crippen LogP contribution in [0.3, 0.4) is 0 Å². The minimum Gasteiger partial charge on any atom is -0.399 e. The zero-order chi connectivity index (χ0) is 8.39. The zero-order valence-corrected chi connectivity index (χ0v) is 6.88. The number of nitrogen functional groups attached to an aromatic ring is 1. The Kier molecular flexibility index (Phi) is 1.98. The Hall–Kier alpha value is -1.06. The third kappa shape index (κ3) is 1.42. The lowest BCUT2D eigenvalue weighted by molar-refractivity contribution is 0.588. The molecule has 1 aliphatic rings. The summed E-state index contributed by atoms with van der Waals surface area (Å²) in [6.07, 6.45) is 0.311. The fourth-order valence-electron chi connectivity index (χ4n) is 1.43. The number of anilines is 1. The van der Waals surface area contributed by atoms with Gasteiger partial charge < -0.3 is 5.73 Å². The Balaban J connectivity index is 2.17. The van der Waals surface area contributed by atoms with E-state index in [9.17, 15) is 0 Å². The summed E-state index contributed by atoms with van der Waals surface area (Å²) in [5.74, 6) is 0. The van der Waals surface area contributed by atoms with Gasteiger partial charge in [0, 0.05) is 18.8 Å². The summed E-state index contributed by atoms with van der Waals surface area (Å²) in [6, 6.07) is 7.95. The Morgan fingerprint density at radius 1 is 1.08 bits per heavy atom. The van der Waals surface area contributed by atoms with Crippen LogP contribution < -0.4 is 16.4 Å². The summed E-state index contributed by atoms with van der Waals surface area (Å²) in [4.78, 5) is 0. The van der Waals surface area contributed by atoms with Crippen LogP contribution in [0.25, 0.3) is 0 Å². The summed E-state index contributed by atoms with van der Waals surface area (Å²) in [5.41, 5.74) is 7.65. The summed E-state index contributed by atoms with van der Waals surface area (Å²) in [5, 5.41) is 6.68. The molecule has 0 radical (unpaired) electrons. The lowest BCUT2D eigenvalue weighted by Gasteiger charge is -2.10. The normalized spacial score (nSPS) is 18.3. The Bertz CT molecular complexity index is 249. The first kappa shape index (κ1) is 7.58. The number of nitrogens with two attached hydrogens (primary N) is 1. The summed E-state index contributed by atoms with van der Waals surface area (Å²) < 4.78 is 0. The molecule has 1 aliphatic heterocycles. The van der Waals surface area contributed by atoms with E-state index in [2.05, 4.69) is 10.6 Å². The molecule has 0 aromatic heterocycles. The third-order valence-corrected chi connectivity index (χ3v) is 2.09. The zero-order valence-electron chi connectivity index (χ0n) is 6.88. The predicted octanol–water partition coefficient (Wildman–Crippen LogP) is 0.460. The highest BCUT2D eigenvalue weighted by Gasteiger charge is 2.13. The van der Waals surface area contributed by atoms with Gasteiger partial charge in [0.2, 0.25) is 0 Å². The van der Waals surface area contributed by atoms with Gasteiger partial charge in [-0.15, -0.1) is 0 Å². The standard InChI is InChI=1S/C9H13N3/c10-8-3-1-7(2-4-8)9-11-5-6-12-9/h1-4,9,11-12H,5-6,10H2. The molecular formula is C9H13N3. The summed E-state index contributed by atoms with van der Waals surface area (Å²) >= 11 is 0. The van der Waals surface area contributed by atoms with E-state index in [1.54, 1.807) is 0 Å². The maximum atomic E-state index is 5.58. The molecule has 0 aliphatic carbocycles. The first-order valence-corrected chi connectivity index (χ1v) is 4.18. The van der Waals surface area contributed by atoms with E-state index in [1.807, 2.05) is 24.3 Å². The monoisotopic (exact) mass is 163 g/mol. The van der Waals surface area contributed by atoms with E-state index < -0.39 is 0 Å². The second-order valence-electron chi connectivity index (χ2n) is 3.01. The predicted molar refractivity (Wildman–Crippen MR) is 49.6 cm³/mol. The van der Waals surface area contributed by atoms with Gasteiger partial charge in [-0.2, -0.15) is 0 Å². The molecule has 1 heterocycles. The minimum atomic E-state index is 0.311. The number of hydrogen-bond donors (Lipinski definition) is 3. The van der Waals surface area contributed by atoms with Crippen LogP contribution in [-0.4, -0.2) is 13.1 Å². The average Bonchev–Trinajstić information content (AvgIpc) is 2.58. The molecule has 3 heteroatoms. The van der Waals surface area contributed by atoms with Crippen LogP contribution in [-0.2, 0) is 0 Å². The molecule has 0 unspecified atom stereocenters. The maximum Gasteiger partial charge on any atom is 0.0836 e. The molecule has 0 atom stereocenters. The van der Waals surface area contributed by atoms with Crippen molar-refractivity contribution in [2.75, 3.05) is 18.8 Å². The van der Waals surface area contributed by atoms with Gasteiger partial charge in [0.25, 0.3) is 0 Å². The number of rotatable bonds is 1. The highest BCUT2D eigenvalue weighted by molar-refractivity contribution is 5.40. The van der Waals surface area contributed by atoms with Crippen LogP contribution in [0.4, 0.5) is 5.69 Å². The summed E-state index contributed by atoms with van der Waals surface area (Å²) in [7, 11) is 0. The Morgan fingerprint density at radius 2 is 1.67 bits per heavy atom. The Labute approximate surface area is 72.0 Å². The fourth-order valence-corrected chi connectivity index (χ4v) is 1.43. The van der Waals surface area contributed by atoms with E-state index in [1.165, 1.54) is 5.56 Å². The van der Waals surface area contributed by atoms with Gasteiger partial charge in [0.05, 0.1) is 6.17 Å². The van der Waals surface area contributed by atoms with Gasteiger partial charge in [0.15, 0.2) is 0 Å². The molecule has 0 saturated carbocycles. The molecule has 64 valence electrons. The van der Waals surface area contributed by atoms with Crippen molar-refractivity contribution in [3.8, 4) is 0 Å². The van der Waals surface area contributed by atoms with Crippen LogP contribution in [0.2, 0.25) is 0 Å². The van der Waals surface area contributed by atoms with E-state index in [4.69, 9.17) is 5.73 Å². The molecule has 0 spiro atoms. The molecule has 1 fully saturated rings. The number of nitrogens with one attached hydrogen (secondary N) is 2. The molecular weight excluding hydrogens is 150 g/mol. The third-order valence-electron chi connectivity index (χ3n) is 2.09. The van der Waals surface area contributed by atoms with Crippen LogP contribution in [0.5, 0.6) is 0 Å². The molecule has 4 N–H and O–H groups in total. The molecule has 1 saturated heterocycles. The summed E-state index contributed by atoms with van der Waals surface area (Å²) in [6.45, 7) is 2.07. The van der Waals surface area contributed by atoms with E-state index >= 15 is 0 Å². The van der Waals surface area contributed by atoms with Gasteiger partial charge >= 0.3 is 0 Å². The quantitative estimate of drug-likeness (QED) is 0.527. The van der Waals surface area contributed by atoms with Crippen molar-refractivity contribution in [2.45, 2.75) is 6.17 Å². The fraction of sp³-hybridized carbons (Fsp3) is 0.333. The smallest absolute Gasteiger partial charge is 0.0836 e. The highest BCUT2D eigenvalue weighted by Crippen LogP contribution is 2.13. The SMILES string of the molecule is Nc1ccc(C2NCCN2)cc1. The van der Waals surface area contributed by atoms with Crippen molar-refractivity contribution in [2.24, 2.45) is 0 Å². The van der Waals surface area contributed by atoms with Crippen LogP contribution in [0, 0.1) is 0 Å². The lowest BCUT2D eigenvalue weighted by atomic mass is 10.1. The minimum absolute atomic E-state index is 0.311. The van der Waals surface area contributed by atoms with Crippen molar-refractivity contribution in [3.05, 3.63) is 29.8 Å². The van der Waals surface area contributed by atoms with Gasteiger partial charge in [-0.05, 0) is 17.7 Å². The van der Waals surface area contributed by atoms with Crippen molar-refractivity contribution in [1.29, 1.82) is 0 Å². The highest BCUT2D eigenvalue weighted by atomic mass is 15.2. The molecule has 3 nitrogen and oxygen atoms in total. The lowest BCUT2D eigenvalue weighted by Crippen LogP contribution is -2.20. The van der Waals surface area contributed by atoms with Crippen LogP contribution in [0.1, 0.15) is 11.7 Å². The topological polar surface area (TPSA) is 50.1 Å². The van der Waals surface area contributed by atoms with Crippen LogP contribution in [0.15, 0.2) is 24.3 Å². The van der Waals surface area contributed by atoms with Gasteiger partial charge in [-0.1, -0.05) is 12.1 Å². The van der Waals surface area contributed by atoms with E-state index in [0.717, 1.165) is 18.8 Å². The number of hydrogen-bond acceptors (Lipinski definition) is 3. The Morgan fingerprint density at radius 3 is 2.25 bits per heavy atom. The maximum absolute atomic E-state index is 5.58. The molecule has 12 heavy (non-hydrogen) atoms. The first-order chi connectivity index (χ1) is 5.86. The molecule has 1 aromatic rings. The van der Waals surface area contributed by atoms with Gasteiger partial charge in [-0.25, -0.2) is 0 Å². The van der Waals surface area contributed by atoms with E-state index in [0.29, 0.717) is 6.17 Å². The molecule has 0 bridgehead atoms.